The number of carbonyl (C=O) groups is 5. The second-order valence-electron chi connectivity index (χ2n) is 9.54. The number of amides is 3. The zero-order chi connectivity index (χ0) is 28.3. The lowest BCUT2D eigenvalue weighted by atomic mass is 10.2. The molecular weight excluding hydrogens is 484 g/mol. The van der Waals surface area contributed by atoms with Gasteiger partial charge in [-0.25, -0.2) is 14.4 Å². The Morgan fingerprint density at radius 3 is 2.08 bits per heavy atom. The number of ether oxygens (including phenoxy) is 1. The molecule has 3 amide bonds. The van der Waals surface area contributed by atoms with E-state index >= 15 is 0 Å². The fraction of sp³-hybridized carbons (Fsp3) is 0.720. The van der Waals surface area contributed by atoms with Crippen LogP contribution < -0.4 is 10.6 Å². The van der Waals surface area contributed by atoms with Gasteiger partial charge in [-0.2, -0.15) is 0 Å². The predicted octanol–water partition coefficient (Wildman–Crippen LogP) is 1.29. The zero-order valence-electron chi connectivity index (χ0n) is 22.4. The maximum Gasteiger partial charge on any atom is 0.414 e. The first kappa shape index (κ1) is 33.7. The molecule has 1 aliphatic heterocycles. The Bertz CT molecular complexity index is 796. The molecule has 0 spiro atoms. The molecule has 1 heterocycles. The highest BCUT2D eigenvalue weighted by molar-refractivity contribution is 6.27. The Morgan fingerprint density at radius 1 is 0.892 bits per heavy atom. The Hall–Kier alpha value is -3.33. The molecule has 0 bridgehead atoms. The van der Waals surface area contributed by atoms with Gasteiger partial charge in [0.1, 0.15) is 5.60 Å². The van der Waals surface area contributed by atoms with E-state index < -0.39 is 23.6 Å². The highest BCUT2D eigenvalue weighted by atomic mass is 16.6. The average Bonchev–Trinajstić information content (AvgIpc) is 3.31. The quantitative estimate of drug-likeness (QED) is 0.176. The minimum absolute atomic E-state index is 0.104. The van der Waals surface area contributed by atoms with Crippen molar-refractivity contribution in [1.29, 1.82) is 0 Å². The summed E-state index contributed by atoms with van der Waals surface area (Å²) in [6, 6.07) is 0. The van der Waals surface area contributed by atoms with Gasteiger partial charge in [-0.15, -0.1) is 0 Å². The van der Waals surface area contributed by atoms with Crippen LogP contribution in [0.3, 0.4) is 0 Å². The van der Waals surface area contributed by atoms with Crippen molar-refractivity contribution in [1.82, 2.24) is 20.4 Å². The number of alkyl carbamates (subject to hydrolysis) is 1. The van der Waals surface area contributed by atoms with Crippen LogP contribution in [0.1, 0.15) is 65.7 Å². The van der Waals surface area contributed by atoms with Crippen molar-refractivity contribution in [2.75, 3.05) is 46.3 Å². The standard InChI is InChI=1S/C23H40N4O4.C2H2O4/c1-23(2,3)31-22(30)25-15-13-20(28)24-14-7-5-6-12-21(29)26(4)16-8-9-17-27-18-10-11-19-27;3-1(4)2(5)6/h5-7,10-19H2,1-4H3,(H,24,28)(H,25,30);(H,3,4)(H,5,6). The molecule has 4 N–H and O–H groups in total. The van der Waals surface area contributed by atoms with Crippen molar-refractivity contribution in [3.8, 4) is 11.8 Å². The van der Waals surface area contributed by atoms with Crippen molar-refractivity contribution in [3.63, 3.8) is 0 Å². The lowest BCUT2D eigenvalue weighted by Gasteiger charge is -2.19. The largest absolute Gasteiger partial charge is 0.473 e. The number of unbranched alkanes of at least 4 members (excludes halogenated alkanes) is 2. The summed E-state index contributed by atoms with van der Waals surface area (Å²) >= 11 is 0. The van der Waals surface area contributed by atoms with Gasteiger partial charge in [0.15, 0.2) is 0 Å². The van der Waals surface area contributed by atoms with E-state index in [1.807, 2.05) is 0 Å². The Labute approximate surface area is 219 Å². The third-order valence-corrected chi connectivity index (χ3v) is 4.96. The van der Waals surface area contributed by atoms with Crippen LogP contribution in [-0.2, 0) is 23.9 Å². The van der Waals surface area contributed by atoms with Gasteiger partial charge >= 0.3 is 18.0 Å². The predicted molar refractivity (Wildman–Crippen MR) is 137 cm³/mol. The van der Waals surface area contributed by atoms with Gasteiger partial charge in [0.25, 0.3) is 0 Å². The van der Waals surface area contributed by atoms with Crippen LogP contribution in [0.25, 0.3) is 0 Å². The molecule has 0 saturated carbocycles. The normalized spacial score (nSPS) is 12.8. The van der Waals surface area contributed by atoms with Crippen LogP contribution in [0.2, 0.25) is 0 Å². The maximum absolute atomic E-state index is 12.1. The van der Waals surface area contributed by atoms with E-state index in [0.29, 0.717) is 19.5 Å². The molecule has 1 fully saturated rings. The molecule has 0 radical (unpaired) electrons. The summed E-state index contributed by atoms with van der Waals surface area (Å²) < 4.78 is 5.11. The van der Waals surface area contributed by atoms with Crippen LogP contribution in [0, 0.1) is 11.8 Å². The fourth-order valence-electron chi connectivity index (χ4n) is 3.05. The number of hydrogen-bond donors (Lipinski definition) is 4. The van der Waals surface area contributed by atoms with Crippen molar-refractivity contribution in [2.24, 2.45) is 0 Å². The van der Waals surface area contributed by atoms with Crippen LogP contribution in [0.5, 0.6) is 0 Å². The Kier molecular flexibility index (Phi) is 17.2. The number of nitrogens with one attached hydrogen (secondary N) is 2. The topological polar surface area (TPSA) is 166 Å². The molecule has 0 unspecified atom stereocenters. The molecule has 0 aromatic carbocycles. The first-order chi connectivity index (χ1) is 17.3. The average molecular weight is 527 g/mol. The molecule has 0 aromatic rings. The van der Waals surface area contributed by atoms with E-state index in [1.165, 1.54) is 12.8 Å². The number of hydrogen-bond acceptors (Lipinski definition) is 7. The second-order valence-corrected chi connectivity index (χ2v) is 9.54. The van der Waals surface area contributed by atoms with Gasteiger partial charge in [-0.3, -0.25) is 14.5 Å². The monoisotopic (exact) mass is 526 g/mol. The summed E-state index contributed by atoms with van der Waals surface area (Å²) in [7, 11) is 1.79. The SMILES string of the molecule is CN(CC#CCN1CCCC1)C(=O)CCCCCNC(=O)CCNC(=O)OC(C)(C)C.O=C(O)C(=O)O. The van der Waals surface area contributed by atoms with Crippen molar-refractivity contribution in [2.45, 2.75) is 71.3 Å². The smallest absolute Gasteiger partial charge is 0.414 e. The summed E-state index contributed by atoms with van der Waals surface area (Å²) in [4.78, 5) is 57.6. The molecule has 0 aromatic heterocycles. The molecule has 12 heteroatoms. The van der Waals surface area contributed by atoms with E-state index in [-0.39, 0.29) is 24.8 Å². The van der Waals surface area contributed by atoms with Gasteiger partial charge in [-0.05, 0) is 59.5 Å². The molecule has 1 saturated heterocycles. The first-order valence-corrected chi connectivity index (χ1v) is 12.4. The number of carboxylic acid groups (broad SMARTS) is 2. The lowest BCUT2D eigenvalue weighted by molar-refractivity contribution is -0.159. The number of likely N-dealkylation sites (tertiary alicyclic amines) is 1. The minimum Gasteiger partial charge on any atom is -0.473 e. The van der Waals surface area contributed by atoms with Crippen LogP contribution in [0.4, 0.5) is 4.79 Å². The summed E-state index contributed by atoms with van der Waals surface area (Å²) in [5, 5.41) is 20.2. The molecule has 1 aliphatic rings. The molecule has 37 heavy (non-hydrogen) atoms. The van der Waals surface area contributed by atoms with Gasteiger partial charge in [-0.1, -0.05) is 18.3 Å². The Balaban J connectivity index is 0.00000192. The minimum atomic E-state index is -1.82. The third-order valence-electron chi connectivity index (χ3n) is 4.96. The second kappa shape index (κ2) is 18.9. The summed E-state index contributed by atoms with van der Waals surface area (Å²) in [5.41, 5.74) is -0.552. The summed E-state index contributed by atoms with van der Waals surface area (Å²) in [6.45, 7) is 9.70. The molecule has 0 aliphatic carbocycles. The highest BCUT2D eigenvalue weighted by Crippen LogP contribution is 2.07. The lowest BCUT2D eigenvalue weighted by Crippen LogP contribution is -2.35. The van der Waals surface area contributed by atoms with Crippen LogP contribution >= 0.6 is 0 Å². The van der Waals surface area contributed by atoms with Crippen LogP contribution in [0.15, 0.2) is 0 Å². The number of rotatable bonds is 11. The van der Waals surface area contributed by atoms with E-state index in [9.17, 15) is 14.4 Å². The molecule has 0 atom stereocenters. The van der Waals surface area contributed by atoms with Gasteiger partial charge in [0.05, 0.1) is 13.1 Å². The first-order valence-electron chi connectivity index (χ1n) is 12.4. The molecule has 1 rings (SSSR count). The van der Waals surface area contributed by atoms with E-state index in [4.69, 9.17) is 24.5 Å². The molecule has 210 valence electrons. The molecular formula is C25H42N4O8. The van der Waals surface area contributed by atoms with E-state index in [2.05, 4.69) is 27.4 Å². The van der Waals surface area contributed by atoms with E-state index in [1.54, 1.807) is 32.7 Å². The fourth-order valence-corrected chi connectivity index (χ4v) is 3.05. The summed E-state index contributed by atoms with van der Waals surface area (Å²) in [5.74, 6) is 2.58. The highest BCUT2D eigenvalue weighted by Gasteiger charge is 2.16. The van der Waals surface area contributed by atoms with Crippen molar-refractivity contribution in [3.05, 3.63) is 0 Å². The van der Waals surface area contributed by atoms with Gasteiger partial charge < -0.3 is 30.5 Å². The number of aliphatic carboxylic acids is 2. The maximum atomic E-state index is 12.1. The number of carboxylic acids is 2. The third kappa shape index (κ3) is 20.6. The summed E-state index contributed by atoms with van der Waals surface area (Å²) in [6.07, 6.45) is 5.19. The zero-order valence-corrected chi connectivity index (χ0v) is 22.4. The number of carbonyl (C=O) groups excluding carboxylic acids is 3. The van der Waals surface area contributed by atoms with Crippen molar-refractivity contribution < 1.29 is 38.9 Å². The number of nitrogens with zero attached hydrogens (tertiary/aromatic N) is 2. The van der Waals surface area contributed by atoms with E-state index in [0.717, 1.165) is 38.9 Å². The van der Waals surface area contributed by atoms with Gasteiger partial charge in [0, 0.05) is 33.0 Å². The van der Waals surface area contributed by atoms with Crippen molar-refractivity contribution >= 4 is 29.8 Å². The van der Waals surface area contributed by atoms with Gasteiger partial charge in [0.2, 0.25) is 11.8 Å². The van der Waals surface area contributed by atoms with Crippen LogP contribution in [-0.4, -0.2) is 102 Å². The Morgan fingerprint density at radius 2 is 1.51 bits per heavy atom. The molecule has 12 nitrogen and oxygen atoms in total.